The molecule has 0 unspecified atom stereocenters. The van der Waals surface area contributed by atoms with Crippen LogP contribution in [-0.4, -0.2) is 56.4 Å². The molecule has 11 heteroatoms. The topological polar surface area (TPSA) is 127 Å². The Morgan fingerprint density at radius 2 is 1.97 bits per heavy atom. The fourth-order valence-corrected chi connectivity index (χ4v) is 5.34. The van der Waals surface area contributed by atoms with Crippen LogP contribution in [0, 0.1) is 11.3 Å². The van der Waals surface area contributed by atoms with Gasteiger partial charge in [0.1, 0.15) is 16.9 Å². The lowest BCUT2D eigenvalue weighted by Gasteiger charge is -2.47. The molecule has 0 saturated carbocycles. The summed E-state index contributed by atoms with van der Waals surface area (Å²) in [6.07, 6.45) is 6.54. The molecular weight excluding hydrogens is 466 g/mol. The van der Waals surface area contributed by atoms with Crippen LogP contribution < -0.4 is 5.56 Å². The van der Waals surface area contributed by atoms with Gasteiger partial charge in [-0.1, -0.05) is 0 Å². The van der Waals surface area contributed by atoms with Crippen LogP contribution in [0.15, 0.2) is 59.8 Å². The van der Waals surface area contributed by atoms with Crippen molar-refractivity contribution in [2.75, 3.05) is 19.3 Å². The van der Waals surface area contributed by atoms with E-state index in [2.05, 4.69) is 11.1 Å². The number of aryl methyl sites for hydroxylation is 1. The molecule has 4 aromatic heterocycles. The van der Waals surface area contributed by atoms with Crippen LogP contribution in [0.3, 0.4) is 0 Å². The van der Waals surface area contributed by atoms with Crippen LogP contribution in [0.4, 0.5) is 0 Å². The second-order valence-electron chi connectivity index (χ2n) is 8.70. The molecule has 0 bridgehead atoms. The summed E-state index contributed by atoms with van der Waals surface area (Å²) in [5.74, 6) is 0. The number of nitriles is 1. The maximum Gasteiger partial charge on any atom is 0.250 e. The van der Waals surface area contributed by atoms with Gasteiger partial charge in [-0.05, 0) is 37.3 Å². The molecule has 35 heavy (non-hydrogen) atoms. The van der Waals surface area contributed by atoms with E-state index in [4.69, 9.17) is 10.1 Å². The smallest absolute Gasteiger partial charge is 0.250 e. The second kappa shape index (κ2) is 8.41. The second-order valence-corrected chi connectivity index (χ2v) is 10.7. The zero-order valence-electron chi connectivity index (χ0n) is 19.3. The molecule has 0 N–H and O–H groups in total. The summed E-state index contributed by atoms with van der Waals surface area (Å²) < 4.78 is 28.5. The fraction of sp³-hybridized carbons (Fsp3) is 0.292. The predicted molar refractivity (Wildman–Crippen MR) is 131 cm³/mol. The minimum absolute atomic E-state index is 0.0828. The Hall–Kier alpha value is -3.88. The van der Waals surface area contributed by atoms with Gasteiger partial charge < -0.3 is 4.57 Å². The Bertz CT molecular complexity index is 1640. The molecule has 5 rings (SSSR count). The molecule has 0 aromatic carbocycles. The normalized spacial score (nSPS) is 15.6. The molecule has 178 valence electrons. The van der Waals surface area contributed by atoms with Crippen molar-refractivity contribution in [3.05, 3.63) is 65.3 Å². The molecule has 10 nitrogen and oxygen atoms in total. The number of hydrogen-bond donors (Lipinski definition) is 0. The van der Waals surface area contributed by atoms with Crippen LogP contribution in [0.1, 0.15) is 13.3 Å². The van der Waals surface area contributed by atoms with Crippen LogP contribution in [0.5, 0.6) is 0 Å². The molecule has 0 radical (unpaired) electrons. The van der Waals surface area contributed by atoms with Gasteiger partial charge in [-0.25, -0.2) is 13.4 Å². The molecule has 4 aromatic rings. The Morgan fingerprint density at radius 3 is 2.69 bits per heavy atom. The summed E-state index contributed by atoms with van der Waals surface area (Å²) in [6.45, 7) is 2.83. The van der Waals surface area contributed by atoms with E-state index >= 15 is 0 Å². The van der Waals surface area contributed by atoms with Gasteiger partial charge in [-0.15, -0.1) is 0 Å². The number of rotatable bonds is 6. The van der Waals surface area contributed by atoms with Gasteiger partial charge in [-0.2, -0.15) is 14.7 Å². The monoisotopic (exact) mass is 489 g/mol. The minimum atomic E-state index is -3.34. The third-order valence-corrected chi connectivity index (χ3v) is 7.55. The van der Waals surface area contributed by atoms with Crippen molar-refractivity contribution < 1.29 is 8.42 Å². The summed E-state index contributed by atoms with van der Waals surface area (Å²) in [6, 6.07) is 12.9. The van der Waals surface area contributed by atoms with Crippen LogP contribution in [0.2, 0.25) is 0 Å². The summed E-state index contributed by atoms with van der Waals surface area (Å²) in [7, 11) is -3.34. The van der Waals surface area contributed by atoms with Crippen molar-refractivity contribution in [2.45, 2.75) is 25.4 Å². The lowest BCUT2D eigenvalue weighted by atomic mass is 9.89. The number of fused-ring (bicyclic) bond motifs is 1. The number of pyridine rings is 3. The Kier molecular flexibility index (Phi) is 5.50. The third kappa shape index (κ3) is 4.00. The third-order valence-electron chi connectivity index (χ3n) is 6.36. The molecule has 1 aliphatic rings. The van der Waals surface area contributed by atoms with E-state index in [0.29, 0.717) is 23.6 Å². The van der Waals surface area contributed by atoms with Gasteiger partial charge in [0.15, 0.2) is 0 Å². The molecule has 1 saturated heterocycles. The molecule has 0 aliphatic carbocycles. The fourth-order valence-electron chi connectivity index (χ4n) is 4.39. The van der Waals surface area contributed by atoms with Crippen molar-refractivity contribution in [3.63, 3.8) is 0 Å². The van der Waals surface area contributed by atoms with Crippen molar-refractivity contribution in [1.82, 2.24) is 28.6 Å². The molecule has 0 atom stereocenters. The quantitative estimate of drug-likeness (QED) is 0.406. The van der Waals surface area contributed by atoms with Crippen molar-refractivity contribution in [3.8, 4) is 28.7 Å². The molecule has 5 heterocycles. The van der Waals surface area contributed by atoms with E-state index in [1.807, 2.05) is 31.2 Å². The van der Waals surface area contributed by atoms with Crippen LogP contribution >= 0.6 is 0 Å². The van der Waals surface area contributed by atoms with E-state index in [-0.39, 0.29) is 25.1 Å². The molecule has 1 aliphatic heterocycles. The summed E-state index contributed by atoms with van der Waals surface area (Å²) >= 11 is 0. The Morgan fingerprint density at radius 1 is 1.17 bits per heavy atom. The highest BCUT2D eigenvalue weighted by atomic mass is 32.2. The van der Waals surface area contributed by atoms with Crippen LogP contribution in [-0.2, 0) is 22.1 Å². The lowest BCUT2D eigenvalue weighted by molar-refractivity contribution is 0.0726. The highest BCUT2D eigenvalue weighted by Gasteiger charge is 2.49. The van der Waals surface area contributed by atoms with Gasteiger partial charge in [0.25, 0.3) is 5.56 Å². The first-order chi connectivity index (χ1) is 16.7. The summed E-state index contributed by atoms with van der Waals surface area (Å²) in [5.41, 5.74) is 2.56. The zero-order valence-corrected chi connectivity index (χ0v) is 20.1. The number of hydrogen-bond acceptors (Lipinski definition) is 7. The average molecular weight is 490 g/mol. The largest absolute Gasteiger partial charge is 0.315 e. The van der Waals surface area contributed by atoms with E-state index in [1.165, 1.54) is 10.4 Å². The highest BCUT2D eigenvalue weighted by molar-refractivity contribution is 7.88. The first-order valence-corrected chi connectivity index (χ1v) is 12.9. The zero-order chi connectivity index (χ0) is 24.8. The number of nitrogens with zero attached hydrogens (tertiary/aromatic N) is 7. The number of sulfonamides is 1. The van der Waals surface area contributed by atoms with E-state index in [1.54, 1.807) is 33.9 Å². The van der Waals surface area contributed by atoms with E-state index in [0.717, 1.165) is 22.7 Å². The van der Waals surface area contributed by atoms with Crippen molar-refractivity contribution in [1.29, 1.82) is 5.26 Å². The highest BCUT2D eigenvalue weighted by Crippen LogP contribution is 2.35. The minimum Gasteiger partial charge on any atom is -0.315 e. The van der Waals surface area contributed by atoms with E-state index < -0.39 is 15.6 Å². The lowest BCUT2D eigenvalue weighted by Crippen LogP contribution is -2.63. The molecule has 0 amide bonds. The maximum atomic E-state index is 12.1. The average Bonchev–Trinajstić information content (AvgIpc) is 3.30. The van der Waals surface area contributed by atoms with Gasteiger partial charge in [0.2, 0.25) is 10.0 Å². The standard InChI is InChI=1S/C24H23N7O3S/c1-3-29-14-17(6-7-22(29)32)20-13-21-18(5-4-11-26-21)23(27-20)19-8-12-31(28-19)24(9-10-25)15-30(16-24)35(2,33)34/h4-8,11-14H,3,9,15-16H2,1-2H3. The molecule has 1 fully saturated rings. The van der Waals surface area contributed by atoms with Crippen molar-refractivity contribution in [2.24, 2.45) is 0 Å². The predicted octanol–water partition coefficient (Wildman–Crippen LogP) is 2.23. The summed E-state index contributed by atoms with van der Waals surface area (Å²) in [4.78, 5) is 21.4. The SMILES string of the molecule is CCn1cc(-c2cc3ncccc3c(-c3ccn(C4(CC#N)CN(S(C)(=O)=O)C4)n3)n2)ccc1=O. The first-order valence-electron chi connectivity index (χ1n) is 11.1. The molecular formula is C24H23N7O3S. The maximum absolute atomic E-state index is 12.1. The summed E-state index contributed by atoms with van der Waals surface area (Å²) in [5, 5.41) is 15.0. The van der Waals surface area contributed by atoms with Gasteiger partial charge >= 0.3 is 0 Å². The Labute approximate surface area is 202 Å². The van der Waals surface area contributed by atoms with Gasteiger partial charge in [0.05, 0.1) is 30.0 Å². The van der Waals surface area contributed by atoms with Gasteiger partial charge in [0, 0.05) is 55.2 Å². The molecule has 0 spiro atoms. The van der Waals surface area contributed by atoms with E-state index in [9.17, 15) is 18.5 Å². The Balaban J connectivity index is 1.61. The van der Waals surface area contributed by atoms with Crippen LogP contribution in [0.25, 0.3) is 33.5 Å². The first kappa shape index (κ1) is 22.9. The van der Waals surface area contributed by atoms with Gasteiger partial charge in [-0.3, -0.25) is 14.5 Å². The van der Waals surface area contributed by atoms with Crippen molar-refractivity contribution >= 4 is 20.9 Å². The number of aromatic nitrogens is 5.